The number of nitrogens with one attached hydrogen (secondary N) is 1. The smallest absolute Gasteiger partial charge is 0.264 e. The molecule has 0 spiro atoms. The fourth-order valence-corrected chi connectivity index (χ4v) is 6.57. The van der Waals surface area contributed by atoms with Gasteiger partial charge in [-0.15, -0.1) is 10.2 Å². The highest BCUT2D eigenvalue weighted by Gasteiger charge is 2.48. The first kappa shape index (κ1) is 24.2. The summed E-state index contributed by atoms with van der Waals surface area (Å²) in [6.07, 6.45) is 4.31. The standard InChI is InChI=1S/C29H33F2N5O/c1-18-13-29(14-18,27-34-33-17-35(27)3)20-6-4-7-21(12-20)36-16-24-22(25(30)31)10-19(11-23(24)26(36)37)15-32-28(2)8-5-9-28/h4,6-7,10-12,17-18,25,32H,5,8-9,13-16H2,1-3H3/t18-,29+. The molecule has 0 radical (unpaired) electrons. The average Bonchev–Trinajstić information content (AvgIpc) is 3.42. The van der Waals surface area contributed by atoms with Crippen LogP contribution in [0.1, 0.15) is 90.8 Å². The fourth-order valence-electron chi connectivity index (χ4n) is 6.57. The highest BCUT2D eigenvalue weighted by molar-refractivity contribution is 6.10. The van der Waals surface area contributed by atoms with E-state index in [1.807, 2.05) is 29.8 Å². The van der Waals surface area contributed by atoms with Crippen molar-refractivity contribution in [2.75, 3.05) is 4.90 Å². The molecule has 0 bridgehead atoms. The van der Waals surface area contributed by atoms with Crippen molar-refractivity contribution in [3.8, 4) is 0 Å². The minimum atomic E-state index is -2.64. The van der Waals surface area contributed by atoms with Crippen LogP contribution in [0.2, 0.25) is 0 Å². The molecule has 1 amide bonds. The number of anilines is 1. The predicted octanol–water partition coefficient (Wildman–Crippen LogP) is 5.66. The first-order chi connectivity index (χ1) is 17.7. The van der Waals surface area contributed by atoms with E-state index in [4.69, 9.17) is 0 Å². The lowest BCUT2D eigenvalue weighted by molar-refractivity contribution is 0.0996. The molecule has 6 rings (SSSR count). The Bertz CT molecular complexity index is 1360. The van der Waals surface area contributed by atoms with Gasteiger partial charge >= 0.3 is 0 Å². The number of amides is 1. The maximum absolute atomic E-state index is 14.2. The molecule has 6 nitrogen and oxygen atoms in total. The normalized spacial score (nSPS) is 24.2. The maximum Gasteiger partial charge on any atom is 0.264 e. The Balaban J connectivity index is 1.32. The van der Waals surface area contributed by atoms with Crippen molar-refractivity contribution >= 4 is 11.6 Å². The van der Waals surface area contributed by atoms with Gasteiger partial charge < -0.3 is 14.8 Å². The number of alkyl halides is 2. The number of rotatable bonds is 7. The number of benzene rings is 2. The van der Waals surface area contributed by atoms with E-state index in [0.29, 0.717) is 23.6 Å². The molecule has 2 heterocycles. The number of aryl methyl sites for hydroxylation is 1. The van der Waals surface area contributed by atoms with Crippen LogP contribution in [0.25, 0.3) is 0 Å². The highest BCUT2D eigenvalue weighted by atomic mass is 19.3. The number of halogens is 2. The van der Waals surface area contributed by atoms with E-state index in [1.165, 1.54) is 6.42 Å². The first-order valence-corrected chi connectivity index (χ1v) is 13.1. The summed E-state index contributed by atoms with van der Waals surface area (Å²) < 4.78 is 30.3. The van der Waals surface area contributed by atoms with Gasteiger partial charge in [-0.25, -0.2) is 8.78 Å². The van der Waals surface area contributed by atoms with Crippen molar-refractivity contribution in [3.63, 3.8) is 0 Å². The lowest BCUT2D eigenvalue weighted by Gasteiger charge is -2.46. The van der Waals surface area contributed by atoms with Gasteiger partial charge in [0.05, 0.1) is 12.0 Å². The molecule has 37 heavy (non-hydrogen) atoms. The van der Waals surface area contributed by atoms with Crippen molar-refractivity contribution in [2.24, 2.45) is 13.0 Å². The van der Waals surface area contributed by atoms with Gasteiger partial charge in [0, 0.05) is 35.9 Å². The fraction of sp³-hybridized carbons (Fsp3) is 0.483. The third-order valence-electron chi connectivity index (χ3n) is 8.79. The summed E-state index contributed by atoms with van der Waals surface area (Å²) >= 11 is 0. The van der Waals surface area contributed by atoms with Crippen LogP contribution in [-0.2, 0) is 25.6 Å². The molecule has 8 heteroatoms. The summed E-state index contributed by atoms with van der Waals surface area (Å²) in [5, 5.41) is 12.0. The van der Waals surface area contributed by atoms with Gasteiger partial charge in [-0.3, -0.25) is 4.79 Å². The largest absolute Gasteiger partial charge is 0.320 e. The maximum atomic E-state index is 14.2. The molecule has 3 aromatic rings. The van der Waals surface area contributed by atoms with Crippen LogP contribution in [0, 0.1) is 5.92 Å². The molecule has 0 saturated heterocycles. The highest BCUT2D eigenvalue weighted by Crippen LogP contribution is 2.52. The molecule has 2 aromatic carbocycles. The van der Waals surface area contributed by atoms with Crippen LogP contribution < -0.4 is 10.2 Å². The molecule has 2 aliphatic carbocycles. The average molecular weight is 506 g/mol. The molecule has 1 aliphatic heterocycles. The van der Waals surface area contributed by atoms with E-state index in [-0.39, 0.29) is 29.0 Å². The molecular weight excluding hydrogens is 472 g/mol. The molecular formula is C29H33F2N5O. The Morgan fingerprint density at radius 1 is 1.19 bits per heavy atom. The number of carbonyl (C=O) groups is 1. The van der Waals surface area contributed by atoms with E-state index < -0.39 is 6.43 Å². The topological polar surface area (TPSA) is 63.1 Å². The van der Waals surface area contributed by atoms with E-state index in [1.54, 1.807) is 23.4 Å². The number of aromatic nitrogens is 3. The first-order valence-electron chi connectivity index (χ1n) is 13.1. The van der Waals surface area contributed by atoms with Crippen LogP contribution in [0.5, 0.6) is 0 Å². The molecule has 2 saturated carbocycles. The van der Waals surface area contributed by atoms with Crippen LogP contribution >= 0.6 is 0 Å². The van der Waals surface area contributed by atoms with Crippen LogP contribution in [0.4, 0.5) is 14.5 Å². The number of hydrogen-bond acceptors (Lipinski definition) is 4. The lowest BCUT2D eigenvalue weighted by atomic mass is 9.58. The lowest BCUT2D eigenvalue weighted by Crippen LogP contribution is -2.47. The number of nitrogens with zero attached hydrogens (tertiary/aromatic N) is 4. The summed E-state index contributed by atoms with van der Waals surface area (Å²) in [5.74, 6) is 1.25. The molecule has 3 aliphatic rings. The number of fused-ring (bicyclic) bond motifs is 1. The Hall–Kier alpha value is -3.13. The second-order valence-electron chi connectivity index (χ2n) is 11.6. The van der Waals surface area contributed by atoms with E-state index in [0.717, 1.165) is 48.3 Å². The Morgan fingerprint density at radius 2 is 1.97 bits per heavy atom. The summed E-state index contributed by atoms with van der Waals surface area (Å²) in [5.41, 5.74) is 3.11. The molecule has 194 valence electrons. The monoisotopic (exact) mass is 505 g/mol. The van der Waals surface area contributed by atoms with Crippen LogP contribution in [0.3, 0.4) is 0 Å². The summed E-state index contributed by atoms with van der Waals surface area (Å²) in [7, 11) is 1.95. The summed E-state index contributed by atoms with van der Waals surface area (Å²) in [4.78, 5) is 15.2. The molecule has 2 fully saturated rings. The van der Waals surface area contributed by atoms with Crippen molar-refractivity contribution in [1.29, 1.82) is 0 Å². The third-order valence-corrected chi connectivity index (χ3v) is 8.79. The predicted molar refractivity (Wildman–Crippen MR) is 138 cm³/mol. The van der Waals surface area contributed by atoms with Gasteiger partial charge in [0.2, 0.25) is 0 Å². The zero-order chi connectivity index (χ0) is 25.9. The Morgan fingerprint density at radius 3 is 2.59 bits per heavy atom. The second kappa shape index (κ2) is 8.72. The van der Waals surface area contributed by atoms with E-state index >= 15 is 0 Å². The zero-order valence-electron chi connectivity index (χ0n) is 21.6. The Labute approximate surface area is 216 Å². The quantitative estimate of drug-likeness (QED) is 0.450. The van der Waals surface area contributed by atoms with Crippen molar-refractivity contribution in [2.45, 2.75) is 76.4 Å². The van der Waals surface area contributed by atoms with Gasteiger partial charge in [-0.2, -0.15) is 0 Å². The SMILES string of the molecule is Cn1cnnc1[C@]1(c2cccc(N3Cc4c(cc(CNC5(C)CCC5)cc4C(F)F)C3=O)c2)C[C@H](C)C1. The zero-order valence-corrected chi connectivity index (χ0v) is 21.6. The van der Waals surface area contributed by atoms with Gasteiger partial charge in [0.15, 0.2) is 0 Å². The molecule has 1 N–H and O–H groups in total. The van der Waals surface area contributed by atoms with Gasteiger partial charge in [0.1, 0.15) is 12.2 Å². The summed E-state index contributed by atoms with van der Waals surface area (Å²) in [6, 6.07) is 11.3. The van der Waals surface area contributed by atoms with Crippen molar-refractivity contribution in [1.82, 2.24) is 20.1 Å². The Kier molecular flexibility index (Phi) is 5.71. The van der Waals surface area contributed by atoms with Gasteiger partial charge in [-0.1, -0.05) is 19.1 Å². The van der Waals surface area contributed by atoms with Crippen molar-refractivity contribution < 1.29 is 13.6 Å². The van der Waals surface area contributed by atoms with Crippen LogP contribution in [0.15, 0.2) is 42.7 Å². The number of hydrogen-bond donors (Lipinski definition) is 1. The third kappa shape index (κ3) is 3.97. The second-order valence-corrected chi connectivity index (χ2v) is 11.6. The number of carbonyl (C=O) groups excluding carboxylic acids is 1. The van der Waals surface area contributed by atoms with E-state index in [9.17, 15) is 13.6 Å². The van der Waals surface area contributed by atoms with E-state index in [2.05, 4.69) is 35.4 Å². The minimum absolute atomic E-state index is 0.0385. The molecule has 0 atom stereocenters. The van der Waals surface area contributed by atoms with Crippen molar-refractivity contribution in [3.05, 3.63) is 76.4 Å². The summed E-state index contributed by atoms with van der Waals surface area (Å²) in [6.45, 7) is 5.01. The van der Waals surface area contributed by atoms with Crippen LogP contribution in [-0.4, -0.2) is 26.2 Å². The molecule has 0 unspecified atom stereocenters. The molecule has 1 aromatic heterocycles. The minimum Gasteiger partial charge on any atom is -0.320 e. The van der Waals surface area contributed by atoms with Gasteiger partial charge in [-0.05, 0) is 85.9 Å². The van der Waals surface area contributed by atoms with Gasteiger partial charge in [0.25, 0.3) is 12.3 Å².